The predicted octanol–water partition coefficient (Wildman–Crippen LogP) is 3.34. The highest BCUT2D eigenvalue weighted by Gasteiger charge is 2.09. The van der Waals surface area contributed by atoms with E-state index in [1.165, 1.54) is 0 Å². The van der Waals surface area contributed by atoms with Gasteiger partial charge in [-0.3, -0.25) is 9.59 Å². The van der Waals surface area contributed by atoms with Gasteiger partial charge in [0.1, 0.15) is 11.0 Å². The number of hydrogen-bond acceptors (Lipinski definition) is 3. The van der Waals surface area contributed by atoms with E-state index in [4.69, 9.17) is 11.6 Å². The molecular formula is C15H13ClN2O2. The Morgan fingerprint density at radius 1 is 1.00 bits per heavy atom. The number of rotatable bonds is 5. The van der Waals surface area contributed by atoms with Crippen LogP contribution in [0.1, 0.15) is 23.2 Å². The number of amides is 1. The molecule has 1 heterocycles. The van der Waals surface area contributed by atoms with Crippen LogP contribution >= 0.6 is 11.6 Å². The number of Topliss-reactive ketones (excluding diaryl/α,β-unsaturated/α-hetero) is 1. The van der Waals surface area contributed by atoms with Crippen LogP contribution < -0.4 is 5.32 Å². The van der Waals surface area contributed by atoms with Crippen molar-refractivity contribution in [3.63, 3.8) is 0 Å². The van der Waals surface area contributed by atoms with E-state index >= 15 is 0 Å². The zero-order valence-electron chi connectivity index (χ0n) is 10.7. The molecule has 0 atom stereocenters. The van der Waals surface area contributed by atoms with Gasteiger partial charge in [-0.05, 0) is 12.1 Å². The summed E-state index contributed by atoms with van der Waals surface area (Å²) in [6, 6.07) is 13.9. The smallest absolute Gasteiger partial charge is 0.225 e. The van der Waals surface area contributed by atoms with Gasteiger partial charge in [-0.25, -0.2) is 4.98 Å². The summed E-state index contributed by atoms with van der Waals surface area (Å²) < 4.78 is 0. The fraction of sp³-hybridized carbons (Fsp3) is 0.133. The van der Waals surface area contributed by atoms with Crippen molar-refractivity contribution in [1.29, 1.82) is 0 Å². The average molecular weight is 289 g/mol. The first kappa shape index (κ1) is 14.2. The highest BCUT2D eigenvalue weighted by Crippen LogP contribution is 2.10. The summed E-state index contributed by atoms with van der Waals surface area (Å²) in [5, 5.41) is 2.91. The number of carbonyl (C=O) groups excluding carboxylic acids is 2. The maximum Gasteiger partial charge on any atom is 0.225 e. The molecule has 102 valence electrons. The molecule has 1 aromatic carbocycles. The Morgan fingerprint density at radius 3 is 2.45 bits per heavy atom. The molecule has 1 aromatic heterocycles. The summed E-state index contributed by atoms with van der Waals surface area (Å²) in [6.45, 7) is 0. The Hall–Kier alpha value is -2.20. The number of carbonyl (C=O) groups is 2. The van der Waals surface area contributed by atoms with Crippen LogP contribution in [0.3, 0.4) is 0 Å². The largest absolute Gasteiger partial charge is 0.311 e. The first-order valence-corrected chi connectivity index (χ1v) is 6.53. The maximum absolute atomic E-state index is 11.8. The van der Waals surface area contributed by atoms with Crippen LogP contribution in [0.15, 0.2) is 48.5 Å². The fourth-order valence-electron chi connectivity index (χ4n) is 1.68. The second-order valence-corrected chi connectivity index (χ2v) is 4.57. The number of ketones is 1. The second kappa shape index (κ2) is 6.82. The van der Waals surface area contributed by atoms with Gasteiger partial charge >= 0.3 is 0 Å². The Kier molecular flexibility index (Phi) is 4.85. The van der Waals surface area contributed by atoms with Gasteiger partial charge in [-0.1, -0.05) is 48.0 Å². The van der Waals surface area contributed by atoms with Crippen LogP contribution in [0, 0.1) is 0 Å². The first-order valence-electron chi connectivity index (χ1n) is 6.16. The van der Waals surface area contributed by atoms with Gasteiger partial charge in [0.15, 0.2) is 5.78 Å². The molecule has 0 aliphatic rings. The molecule has 0 fully saturated rings. The lowest BCUT2D eigenvalue weighted by atomic mass is 10.1. The van der Waals surface area contributed by atoms with Crippen LogP contribution in [0.5, 0.6) is 0 Å². The van der Waals surface area contributed by atoms with E-state index in [1.807, 2.05) is 6.07 Å². The van der Waals surface area contributed by atoms with Gasteiger partial charge in [0.2, 0.25) is 5.91 Å². The zero-order valence-corrected chi connectivity index (χ0v) is 11.4. The molecule has 0 bridgehead atoms. The summed E-state index contributed by atoms with van der Waals surface area (Å²) in [7, 11) is 0. The minimum atomic E-state index is -0.260. The van der Waals surface area contributed by atoms with Gasteiger partial charge in [0.05, 0.1) is 0 Å². The lowest BCUT2D eigenvalue weighted by Crippen LogP contribution is -2.14. The van der Waals surface area contributed by atoms with Crippen molar-refractivity contribution in [3.05, 3.63) is 59.2 Å². The SMILES string of the molecule is O=C(CCC(=O)c1ccccc1)Nc1cccc(Cl)n1. The molecule has 1 amide bonds. The number of pyridine rings is 1. The quantitative estimate of drug-likeness (QED) is 0.678. The van der Waals surface area contributed by atoms with Crippen molar-refractivity contribution in [2.75, 3.05) is 5.32 Å². The van der Waals surface area contributed by atoms with E-state index in [9.17, 15) is 9.59 Å². The minimum Gasteiger partial charge on any atom is -0.311 e. The van der Waals surface area contributed by atoms with E-state index in [-0.39, 0.29) is 24.5 Å². The van der Waals surface area contributed by atoms with Crippen LogP contribution in [0.4, 0.5) is 5.82 Å². The molecule has 0 radical (unpaired) electrons. The number of nitrogens with one attached hydrogen (secondary N) is 1. The number of benzene rings is 1. The normalized spacial score (nSPS) is 10.1. The van der Waals surface area contributed by atoms with Gasteiger partial charge in [-0.15, -0.1) is 0 Å². The average Bonchev–Trinajstić information content (AvgIpc) is 2.46. The molecule has 20 heavy (non-hydrogen) atoms. The zero-order chi connectivity index (χ0) is 14.4. The van der Waals surface area contributed by atoms with Crippen molar-refractivity contribution in [3.8, 4) is 0 Å². The molecule has 0 saturated carbocycles. The third-order valence-corrected chi connectivity index (χ3v) is 2.87. The second-order valence-electron chi connectivity index (χ2n) is 4.18. The van der Waals surface area contributed by atoms with Crippen molar-refractivity contribution >= 4 is 29.1 Å². The van der Waals surface area contributed by atoms with Crippen LogP contribution in [-0.2, 0) is 4.79 Å². The molecule has 1 N–H and O–H groups in total. The number of halogens is 1. The highest BCUT2D eigenvalue weighted by molar-refractivity contribution is 6.29. The Balaban J connectivity index is 1.85. The number of nitrogens with zero attached hydrogens (tertiary/aromatic N) is 1. The third kappa shape index (κ3) is 4.17. The Morgan fingerprint density at radius 2 is 1.75 bits per heavy atom. The van der Waals surface area contributed by atoms with Crippen molar-refractivity contribution in [2.24, 2.45) is 0 Å². The summed E-state index contributed by atoms with van der Waals surface area (Å²) in [5.74, 6) is 0.0681. The van der Waals surface area contributed by atoms with Crippen molar-refractivity contribution < 1.29 is 9.59 Å². The van der Waals surface area contributed by atoms with Gasteiger partial charge < -0.3 is 5.32 Å². The van der Waals surface area contributed by atoms with E-state index < -0.39 is 0 Å². The molecule has 4 nitrogen and oxygen atoms in total. The number of aromatic nitrogens is 1. The maximum atomic E-state index is 11.8. The first-order chi connectivity index (χ1) is 9.65. The Bertz CT molecular complexity index is 614. The number of hydrogen-bond donors (Lipinski definition) is 1. The van der Waals surface area contributed by atoms with Crippen LogP contribution in [-0.4, -0.2) is 16.7 Å². The van der Waals surface area contributed by atoms with Crippen LogP contribution in [0.2, 0.25) is 5.15 Å². The Labute approximate surface area is 121 Å². The predicted molar refractivity (Wildman–Crippen MR) is 77.9 cm³/mol. The molecule has 0 aliphatic carbocycles. The summed E-state index contributed by atoms with van der Waals surface area (Å²) in [6.07, 6.45) is 0.276. The van der Waals surface area contributed by atoms with E-state index in [0.29, 0.717) is 16.5 Å². The van der Waals surface area contributed by atoms with Crippen molar-refractivity contribution in [2.45, 2.75) is 12.8 Å². The lowest BCUT2D eigenvalue weighted by Gasteiger charge is -2.04. The molecular weight excluding hydrogens is 276 g/mol. The number of anilines is 1. The lowest BCUT2D eigenvalue weighted by molar-refractivity contribution is -0.116. The monoisotopic (exact) mass is 288 g/mol. The molecule has 2 rings (SSSR count). The summed E-state index contributed by atoms with van der Waals surface area (Å²) in [5.41, 5.74) is 0.612. The van der Waals surface area contributed by atoms with E-state index in [0.717, 1.165) is 0 Å². The third-order valence-electron chi connectivity index (χ3n) is 2.66. The van der Waals surface area contributed by atoms with Crippen LogP contribution in [0.25, 0.3) is 0 Å². The fourth-order valence-corrected chi connectivity index (χ4v) is 1.84. The molecule has 2 aromatic rings. The molecule has 0 unspecified atom stereocenters. The van der Waals surface area contributed by atoms with E-state index in [2.05, 4.69) is 10.3 Å². The van der Waals surface area contributed by atoms with Crippen molar-refractivity contribution in [1.82, 2.24) is 4.98 Å². The van der Waals surface area contributed by atoms with E-state index in [1.54, 1.807) is 42.5 Å². The summed E-state index contributed by atoms with van der Waals surface area (Å²) >= 11 is 5.72. The molecule has 0 saturated heterocycles. The van der Waals surface area contributed by atoms with Gasteiger partial charge in [-0.2, -0.15) is 0 Å². The molecule has 0 aliphatic heterocycles. The van der Waals surface area contributed by atoms with Gasteiger partial charge in [0.25, 0.3) is 0 Å². The van der Waals surface area contributed by atoms with Gasteiger partial charge in [0, 0.05) is 18.4 Å². The topological polar surface area (TPSA) is 59.1 Å². The molecule has 5 heteroatoms. The molecule has 0 spiro atoms. The summed E-state index contributed by atoms with van der Waals surface area (Å²) in [4.78, 5) is 27.5. The minimum absolute atomic E-state index is 0.0557. The standard InChI is InChI=1S/C15H13ClN2O2/c16-13-7-4-8-14(17-13)18-15(20)10-9-12(19)11-5-2-1-3-6-11/h1-8H,9-10H2,(H,17,18,20). The highest BCUT2D eigenvalue weighted by atomic mass is 35.5.